The maximum Gasteiger partial charge on any atom is 0.410 e. The van der Waals surface area contributed by atoms with E-state index in [9.17, 15) is 4.79 Å². The van der Waals surface area contributed by atoms with Crippen LogP contribution in [0.15, 0.2) is 55.0 Å². The van der Waals surface area contributed by atoms with Crippen LogP contribution in [-0.4, -0.2) is 74.4 Å². The first kappa shape index (κ1) is 26.6. The van der Waals surface area contributed by atoms with Crippen LogP contribution in [0.25, 0.3) is 32.9 Å². The summed E-state index contributed by atoms with van der Waals surface area (Å²) in [5.41, 5.74) is 4.11. The van der Waals surface area contributed by atoms with E-state index < -0.39 is 5.60 Å². The molecule has 4 aromatic rings. The molecule has 0 unspecified atom stereocenters. The van der Waals surface area contributed by atoms with Crippen molar-refractivity contribution in [3.8, 4) is 17.0 Å². The topological polar surface area (TPSA) is 72.7 Å². The first-order chi connectivity index (χ1) is 19.2. The number of hydrogen-bond acceptors (Lipinski definition) is 6. The van der Waals surface area contributed by atoms with Gasteiger partial charge in [-0.3, -0.25) is 4.98 Å². The normalized spacial score (nSPS) is 20.2. The van der Waals surface area contributed by atoms with Crippen LogP contribution in [0.1, 0.15) is 46.5 Å². The highest BCUT2D eigenvalue weighted by Crippen LogP contribution is 2.34. The van der Waals surface area contributed by atoms with Gasteiger partial charge in [-0.1, -0.05) is 12.1 Å². The zero-order valence-corrected chi connectivity index (χ0v) is 24.1. The SMILES string of the molecule is CN(C1CCN(C(=O)OC(C)(C)C)CC1)C1CC(Oc2ccc(-c3ccc4c5cnccc5n(C)c4c3)cn2)C1. The van der Waals surface area contributed by atoms with Crippen molar-refractivity contribution in [2.75, 3.05) is 20.1 Å². The summed E-state index contributed by atoms with van der Waals surface area (Å²) in [6.45, 7) is 7.23. The maximum absolute atomic E-state index is 12.4. The fraction of sp³-hybridized carbons (Fsp3) is 0.469. The number of benzene rings is 1. The van der Waals surface area contributed by atoms with Gasteiger partial charge in [-0.25, -0.2) is 9.78 Å². The van der Waals surface area contributed by atoms with Gasteiger partial charge in [0.1, 0.15) is 11.7 Å². The predicted molar refractivity (Wildman–Crippen MR) is 157 cm³/mol. The number of rotatable bonds is 5. The van der Waals surface area contributed by atoms with E-state index in [0.29, 0.717) is 18.0 Å². The Hall–Kier alpha value is -3.65. The molecule has 210 valence electrons. The third-order valence-corrected chi connectivity index (χ3v) is 8.50. The fourth-order valence-electron chi connectivity index (χ4n) is 6.07. The zero-order valence-electron chi connectivity index (χ0n) is 24.1. The predicted octanol–water partition coefficient (Wildman–Crippen LogP) is 6.03. The number of nitrogens with zero attached hydrogens (tertiary/aromatic N) is 5. The molecular weight excluding hydrogens is 502 g/mol. The molecule has 2 aliphatic rings. The maximum atomic E-state index is 12.4. The second-order valence-corrected chi connectivity index (χ2v) is 12.3. The first-order valence-electron chi connectivity index (χ1n) is 14.3. The lowest BCUT2D eigenvalue weighted by Crippen LogP contribution is -2.54. The summed E-state index contributed by atoms with van der Waals surface area (Å²) in [7, 11) is 4.31. The number of aromatic nitrogens is 3. The Labute approximate surface area is 235 Å². The summed E-state index contributed by atoms with van der Waals surface area (Å²) in [5.74, 6) is 0.678. The molecule has 6 rings (SSSR count). The van der Waals surface area contributed by atoms with Crippen LogP contribution in [0.5, 0.6) is 5.88 Å². The Bertz CT molecular complexity index is 1510. The molecule has 3 aromatic heterocycles. The van der Waals surface area contributed by atoms with Gasteiger partial charge in [0.05, 0.1) is 5.52 Å². The minimum atomic E-state index is -0.454. The summed E-state index contributed by atoms with van der Waals surface area (Å²) in [6.07, 6.45) is 9.61. The number of hydrogen-bond donors (Lipinski definition) is 0. The van der Waals surface area contributed by atoms with E-state index >= 15 is 0 Å². The molecule has 4 heterocycles. The number of piperidine rings is 1. The quantitative estimate of drug-likeness (QED) is 0.307. The average molecular weight is 542 g/mol. The number of likely N-dealkylation sites (tertiary alicyclic amines) is 1. The number of aryl methyl sites for hydroxylation is 1. The first-order valence-corrected chi connectivity index (χ1v) is 14.3. The summed E-state index contributed by atoms with van der Waals surface area (Å²) >= 11 is 0. The molecule has 2 fully saturated rings. The average Bonchev–Trinajstić information content (AvgIpc) is 3.21. The van der Waals surface area contributed by atoms with Crippen molar-refractivity contribution in [1.29, 1.82) is 0 Å². The standard InChI is InChI=1S/C32H39N5O3/c1-32(2,3)40-31(38)37-14-11-23(12-15-37)35(4)24-17-25(18-24)39-30-9-7-22(19-34-30)21-6-8-26-27-20-33-13-10-28(27)36(5)29(26)16-21/h6-10,13,16,19-20,23-25H,11-12,14-15,17-18H2,1-5H3. The van der Waals surface area contributed by atoms with Crippen LogP contribution in [-0.2, 0) is 11.8 Å². The molecule has 1 aliphatic heterocycles. The second kappa shape index (κ2) is 10.4. The summed E-state index contributed by atoms with van der Waals surface area (Å²) in [5, 5.41) is 2.38. The highest BCUT2D eigenvalue weighted by Gasteiger charge is 2.38. The molecule has 1 aromatic carbocycles. The molecule has 8 heteroatoms. The molecule has 1 saturated heterocycles. The van der Waals surface area contributed by atoms with E-state index in [1.807, 2.05) is 50.3 Å². The van der Waals surface area contributed by atoms with Crippen LogP contribution in [0.4, 0.5) is 4.79 Å². The molecule has 0 atom stereocenters. The number of ether oxygens (including phenoxy) is 2. The zero-order chi connectivity index (χ0) is 28.0. The fourth-order valence-corrected chi connectivity index (χ4v) is 6.07. The summed E-state index contributed by atoms with van der Waals surface area (Å²) in [4.78, 5) is 25.6. The van der Waals surface area contributed by atoms with Crippen molar-refractivity contribution in [2.24, 2.45) is 7.05 Å². The van der Waals surface area contributed by atoms with Crippen molar-refractivity contribution in [3.63, 3.8) is 0 Å². The third-order valence-electron chi connectivity index (χ3n) is 8.50. The van der Waals surface area contributed by atoms with Gasteiger partial charge in [0.2, 0.25) is 5.88 Å². The van der Waals surface area contributed by atoms with E-state index in [0.717, 1.165) is 49.9 Å². The summed E-state index contributed by atoms with van der Waals surface area (Å²) < 4.78 is 14.0. The number of carbonyl (C=O) groups is 1. The van der Waals surface area contributed by atoms with Gasteiger partial charge in [-0.05, 0) is 64.4 Å². The number of amides is 1. The van der Waals surface area contributed by atoms with E-state index in [1.54, 1.807) is 0 Å². The number of carbonyl (C=O) groups excluding carboxylic acids is 1. The third kappa shape index (κ3) is 5.24. The second-order valence-electron chi connectivity index (χ2n) is 12.3. The Morgan fingerprint density at radius 1 is 0.950 bits per heavy atom. The molecule has 0 N–H and O–H groups in total. The summed E-state index contributed by atoms with van der Waals surface area (Å²) in [6, 6.07) is 13.7. The largest absolute Gasteiger partial charge is 0.474 e. The minimum absolute atomic E-state index is 0.188. The lowest BCUT2D eigenvalue weighted by Gasteiger charge is -2.46. The molecule has 0 radical (unpaired) electrons. The van der Waals surface area contributed by atoms with Crippen molar-refractivity contribution in [2.45, 2.75) is 70.2 Å². The Balaban J connectivity index is 1.01. The number of pyridine rings is 2. The molecule has 1 amide bonds. The Morgan fingerprint density at radius 2 is 1.70 bits per heavy atom. The molecule has 1 saturated carbocycles. The van der Waals surface area contributed by atoms with E-state index in [-0.39, 0.29) is 12.2 Å². The van der Waals surface area contributed by atoms with Crippen LogP contribution in [0.2, 0.25) is 0 Å². The smallest absolute Gasteiger partial charge is 0.410 e. The van der Waals surface area contributed by atoms with Gasteiger partial charge < -0.3 is 23.8 Å². The van der Waals surface area contributed by atoms with Crippen molar-refractivity contribution < 1.29 is 14.3 Å². The van der Waals surface area contributed by atoms with E-state index in [4.69, 9.17) is 9.47 Å². The minimum Gasteiger partial charge on any atom is -0.474 e. The lowest BCUT2D eigenvalue weighted by molar-refractivity contribution is -0.0129. The van der Waals surface area contributed by atoms with Crippen molar-refractivity contribution >= 4 is 27.9 Å². The Kier molecular flexibility index (Phi) is 6.90. The van der Waals surface area contributed by atoms with Crippen LogP contribution in [0, 0.1) is 0 Å². The molecule has 1 aliphatic carbocycles. The molecular formula is C32H39N5O3. The highest BCUT2D eigenvalue weighted by atomic mass is 16.6. The molecule has 40 heavy (non-hydrogen) atoms. The molecule has 8 nitrogen and oxygen atoms in total. The van der Waals surface area contributed by atoms with Gasteiger partial charge >= 0.3 is 6.09 Å². The van der Waals surface area contributed by atoms with Gasteiger partial charge in [-0.2, -0.15) is 0 Å². The van der Waals surface area contributed by atoms with Crippen LogP contribution >= 0.6 is 0 Å². The lowest BCUT2D eigenvalue weighted by atomic mass is 9.86. The van der Waals surface area contributed by atoms with Gasteiger partial charge in [0.25, 0.3) is 0 Å². The van der Waals surface area contributed by atoms with Gasteiger partial charge in [-0.15, -0.1) is 0 Å². The van der Waals surface area contributed by atoms with Gasteiger partial charge in [0.15, 0.2) is 0 Å². The van der Waals surface area contributed by atoms with Crippen LogP contribution in [0.3, 0.4) is 0 Å². The molecule has 0 spiro atoms. The van der Waals surface area contributed by atoms with Crippen molar-refractivity contribution in [3.05, 3.63) is 55.0 Å². The Morgan fingerprint density at radius 3 is 2.40 bits per heavy atom. The van der Waals surface area contributed by atoms with E-state index in [1.165, 1.54) is 21.8 Å². The van der Waals surface area contributed by atoms with Crippen LogP contribution < -0.4 is 4.74 Å². The number of fused-ring (bicyclic) bond motifs is 3. The molecule has 0 bridgehead atoms. The van der Waals surface area contributed by atoms with E-state index in [2.05, 4.69) is 63.9 Å². The van der Waals surface area contributed by atoms with Gasteiger partial charge in [0, 0.05) is 91.6 Å². The van der Waals surface area contributed by atoms with Crippen molar-refractivity contribution in [1.82, 2.24) is 24.3 Å². The highest BCUT2D eigenvalue weighted by molar-refractivity contribution is 6.08. The monoisotopic (exact) mass is 541 g/mol.